The van der Waals surface area contributed by atoms with Gasteiger partial charge in [0, 0.05) is 24.5 Å². The van der Waals surface area contributed by atoms with Crippen LogP contribution in [-0.2, 0) is 22.7 Å². The van der Waals surface area contributed by atoms with Crippen LogP contribution in [0.2, 0.25) is 0 Å². The van der Waals surface area contributed by atoms with E-state index in [1.54, 1.807) is 11.3 Å². The standard InChI is InChI=1S/C27H37N3O3S/c1-19(2)16-24-25(31)30(18-23-6-5-15-34-23)27(26(32)28-24)11-13-29(14-12-27)17-21-7-9-22(10-8-21)33-20(3)4/h5-10,15,19-20,24H,11-14,16-18H2,1-4H3,(H,28,32). The number of thiophene rings is 1. The van der Waals surface area contributed by atoms with Gasteiger partial charge in [0.2, 0.25) is 11.8 Å². The van der Waals surface area contributed by atoms with Gasteiger partial charge in [0.1, 0.15) is 17.3 Å². The molecule has 2 aromatic rings. The number of benzene rings is 1. The Kier molecular flexibility index (Phi) is 7.63. The molecule has 6 nitrogen and oxygen atoms in total. The van der Waals surface area contributed by atoms with E-state index in [1.807, 2.05) is 42.3 Å². The zero-order valence-corrected chi connectivity index (χ0v) is 21.6. The maximum Gasteiger partial charge on any atom is 0.246 e. The Hall–Kier alpha value is -2.38. The molecule has 1 N–H and O–H groups in total. The minimum atomic E-state index is -0.764. The second-order valence-corrected chi connectivity index (χ2v) is 11.3. The van der Waals surface area contributed by atoms with Gasteiger partial charge in [0.05, 0.1) is 12.6 Å². The van der Waals surface area contributed by atoms with Crippen LogP contribution in [0.3, 0.4) is 0 Å². The van der Waals surface area contributed by atoms with Gasteiger partial charge >= 0.3 is 0 Å². The molecular weight excluding hydrogens is 446 g/mol. The van der Waals surface area contributed by atoms with E-state index in [4.69, 9.17) is 4.74 Å². The third-order valence-electron chi connectivity index (χ3n) is 6.79. The van der Waals surface area contributed by atoms with Crippen molar-refractivity contribution in [2.75, 3.05) is 13.1 Å². The highest BCUT2D eigenvalue weighted by atomic mass is 32.1. The van der Waals surface area contributed by atoms with E-state index in [1.165, 1.54) is 5.56 Å². The van der Waals surface area contributed by atoms with Gasteiger partial charge in [0.25, 0.3) is 0 Å². The van der Waals surface area contributed by atoms with Gasteiger partial charge in [-0.1, -0.05) is 32.0 Å². The first-order valence-electron chi connectivity index (χ1n) is 12.4. The minimum absolute atomic E-state index is 0.0177. The zero-order valence-electron chi connectivity index (χ0n) is 20.8. The number of nitrogens with zero attached hydrogens (tertiary/aromatic N) is 2. The normalized spacial score (nSPS) is 20.9. The van der Waals surface area contributed by atoms with Gasteiger partial charge in [-0.2, -0.15) is 0 Å². The maximum absolute atomic E-state index is 13.6. The fourth-order valence-corrected chi connectivity index (χ4v) is 5.77. The number of hydrogen-bond donors (Lipinski definition) is 1. The summed E-state index contributed by atoms with van der Waals surface area (Å²) in [6, 6.07) is 11.9. The number of carbonyl (C=O) groups is 2. The van der Waals surface area contributed by atoms with E-state index in [2.05, 4.69) is 42.3 Å². The molecule has 1 atom stereocenters. The van der Waals surface area contributed by atoms with E-state index in [0.29, 0.717) is 31.7 Å². The highest BCUT2D eigenvalue weighted by Crippen LogP contribution is 2.36. The van der Waals surface area contributed by atoms with Gasteiger partial charge < -0.3 is 15.0 Å². The molecule has 3 heterocycles. The first-order chi connectivity index (χ1) is 16.3. The Bertz CT molecular complexity index is 964. The molecule has 0 saturated carbocycles. The molecular formula is C27H37N3O3S. The largest absolute Gasteiger partial charge is 0.491 e. The zero-order chi connectivity index (χ0) is 24.3. The molecule has 7 heteroatoms. The second-order valence-electron chi connectivity index (χ2n) is 10.3. The number of amides is 2. The molecule has 34 heavy (non-hydrogen) atoms. The van der Waals surface area contributed by atoms with Crippen molar-refractivity contribution in [3.8, 4) is 5.75 Å². The summed E-state index contributed by atoms with van der Waals surface area (Å²) in [5, 5.41) is 5.12. The van der Waals surface area contributed by atoms with E-state index in [0.717, 1.165) is 30.3 Å². The van der Waals surface area contributed by atoms with Crippen LogP contribution in [0.15, 0.2) is 41.8 Å². The first-order valence-corrected chi connectivity index (χ1v) is 13.3. The number of rotatable bonds is 8. The lowest BCUT2D eigenvalue weighted by molar-refractivity contribution is -0.162. The molecule has 4 rings (SSSR count). The summed E-state index contributed by atoms with van der Waals surface area (Å²) in [5.41, 5.74) is 0.462. The number of piperidine rings is 1. The predicted octanol–water partition coefficient (Wildman–Crippen LogP) is 4.44. The molecule has 1 aromatic heterocycles. The van der Waals surface area contributed by atoms with E-state index in [9.17, 15) is 9.59 Å². The molecule has 0 radical (unpaired) electrons. The summed E-state index contributed by atoms with van der Waals surface area (Å²) >= 11 is 1.64. The minimum Gasteiger partial charge on any atom is -0.491 e. The van der Waals surface area contributed by atoms with E-state index < -0.39 is 11.6 Å². The summed E-state index contributed by atoms with van der Waals surface area (Å²) < 4.78 is 5.75. The highest BCUT2D eigenvalue weighted by molar-refractivity contribution is 7.09. The smallest absolute Gasteiger partial charge is 0.246 e. The maximum atomic E-state index is 13.6. The van der Waals surface area contributed by atoms with E-state index in [-0.39, 0.29) is 17.9 Å². The second kappa shape index (κ2) is 10.5. The molecule has 1 spiro atoms. The van der Waals surface area contributed by atoms with Crippen LogP contribution in [0, 0.1) is 5.92 Å². The summed E-state index contributed by atoms with van der Waals surface area (Å²) in [5.74, 6) is 1.31. The quantitative estimate of drug-likeness (QED) is 0.603. The highest BCUT2D eigenvalue weighted by Gasteiger charge is 2.53. The van der Waals surface area contributed by atoms with Crippen LogP contribution in [0.1, 0.15) is 57.4 Å². The molecule has 2 fully saturated rings. The number of piperazine rings is 1. The van der Waals surface area contributed by atoms with Crippen molar-refractivity contribution in [2.24, 2.45) is 5.92 Å². The fraction of sp³-hybridized carbons (Fsp3) is 0.556. The molecule has 0 bridgehead atoms. The number of hydrogen-bond acceptors (Lipinski definition) is 5. The van der Waals surface area contributed by atoms with Gasteiger partial charge in [-0.3, -0.25) is 14.5 Å². The average molecular weight is 484 g/mol. The summed E-state index contributed by atoms with van der Waals surface area (Å²) in [7, 11) is 0. The average Bonchev–Trinajstić information content (AvgIpc) is 3.30. The molecule has 1 unspecified atom stereocenters. The Morgan fingerprint density at radius 2 is 1.76 bits per heavy atom. The Balaban J connectivity index is 1.46. The Labute approximate surface area is 207 Å². The van der Waals surface area contributed by atoms with Crippen LogP contribution in [0.5, 0.6) is 5.75 Å². The van der Waals surface area contributed by atoms with Crippen molar-refractivity contribution in [3.63, 3.8) is 0 Å². The lowest BCUT2D eigenvalue weighted by atomic mass is 9.80. The van der Waals surface area contributed by atoms with Crippen molar-refractivity contribution in [1.29, 1.82) is 0 Å². The summed E-state index contributed by atoms with van der Waals surface area (Å²) in [4.78, 5) is 32.5. The summed E-state index contributed by atoms with van der Waals surface area (Å²) in [6.07, 6.45) is 2.13. The summed E-state index contributed by atoms with van der Waals surface area (Å²) in [6.45, 7) is 11.1. The third-order valence-corrected chi connectivity index (χ3v) is 7.66. The molecule has 2 aliphatic rings. The van der Waals surface area contributed by atoms with Crippen LogP contribution in [0.25, 0.3) is 0 Å². The molecule has 2 saturated heterocycles. The van der Waals surface area contributed by atoms with Crippen molar-refractivity contribution in [2.45, 2.75) is 77.7 Å². The lowest BCUT2D eigenvalue weighted by Crippen LogP contribution is -2.72. The van der Waals surface area contributed by atoms with Crippen LogP contribution < -0.4 is 10.1 Å². The van der Waals surface area contributed by atoms with Crippen molar-refractivity contribution < 1.29 is 14.3 Å². The monoisotopic (exact) mass is 483 g/mol. The predicted molar refractivity (Wildman–Crippen MR) is 136 cm³/mol. The van der Waals surface area contributed by atoms with Crippen LogP contribution >= 0.6 is 11.3 Å². The SMILES string of the molecule is CC(C)CC1NC(=O)C2(CCN(Cc3ccc(OC(C)C)cc3)CC2)N(Cc2cccs2)C1=O. The number of ether oxygens (including phenoxy) is 1. The number of nitrogens with one attached hydrogen (secondary N) is 1. The number of carbonyl (C=O) groups excluding carboxylic acids is 2. The topological polar surface area (TPSA) is 61.9 Å². The van der Waals surface area contributed by atoms with Crippen molar-refractivity contribution in [3.05, 3.63) is 52.2 Å². The molecule has 184 valence electrons. The Morgan fingerprint density at radius 1 is 1.06 bits per heavy atom. The first kappa shape index (κ1) is 24.7. The van der Waals surface area contributed by atoms with Gasteiger partial charge in [-0.05, 0) is 68.2 Å². The molecule has 2 aliphatic heterocycles. The van der Waals surface area contributed by atoms with Gasteiger partial charge in [-0.15, -0.1) is 11.3 Å². The fourth-order valence-electron chi connectivity index (χ4n) is 5.08. The third kappa shape index (κ3) is 5.47. The van der Waals surface area contributed by atoms with E-state index >= 15 is 0 Å². The number of likely N-dealkylation sites (tertiary alicyclic amines) is 1. The van der Waals surface area contributed by atoms with Crippen molar-refractivity contribution >= 4 is 23.2 Å². The molecule has 0 aliphatic carbocycles. The lowest BCUT2D eigenvalue weighted by Gasteiger charge is -2.51. The molecule has 1 aromatic carbocycles. The Morgan fingerprint density at radius 3 is 2.35 bits per heavy atom. The molecule has 2 amide bonds. The van der Waals surface area contributed by atoms with Gasteiger partial charge in [0.15, 0.2) is 0 Å². The van der Waals surface area contributed by atoms with Crippen LogP contribution in [-0.4, -0.2) is 52.4 Å². The van der Waals surface area contributed by atoms with Gasteiger partial charge in [-0.25, -0.2) is 0 Å². The van der Waals surface area contributed by atoms with Crippen LogP contribution in [0.4, 0.5) is 0 Å². The van der Waals surface area contributed by atoms with Crippen molar-refractivity contribution in [1.82, 2.24) is 15.1 Å².